The molecule has 0 fully saturated rings. The Labute approximate surface area is 170 Å². The Bertz CT molecular complexity index is 1080. The van der Waals surface area contributed by atoms with Gasteiger partial charge in [-0.3, -0.25) is 9.59 Å². The SMILES string of the molecule is O=C(CNC(=O)c1ccc(Cl)c(Cl)c1)NN=Cc1c(O)ccc2ccccc12. The lowest BCUT2D eigenvalue weighted by atomic mass is 10.0. The van der Waals surface area contributed by atoms with Crippen LogP contribution in [0.5, 0.6) is 5.75 Å². The highest BCUT2D eigenvalue weighted by molar-refractivity contribution is 6.42. The van der Waals surface area contributed by atoms with Gasteiger partial charge in [-0.25, -0.2) is 5.43 Å². The maximum Gasteiger partial charge on any atom is 0.259 e. The Kier molecular flexibility index (Phi) is 6.13. The van der Waals surface area contributed by atoms with Crippen molar-refractivity contribution < 1.29 is 14.7 Å². The molecule has 0 saturated heterocycles. The molecule has 3 rings (SSSR count). The van der Waals surface area contributed by atoms with E-state index in [2.05, 4.69) is 15.8 Å². The average Bonchev–Trinajstić information content (AvgIpc) is 2.70. The van der Waals surface area contributed by atoms with Crippen LogP contribution in [0.25, 0.3) is 10.8 Å². The molecule has 2 amide bonds. The van der Waals surface area contributed by atoms with Crippen LogP contribution in [-0.2, 0) is 4.79 Å². The van der Waals surface area contributed by atoms with Gasteiger partial charge >= 0.3 is 0 Å². The fourth-order valence-corrected chi connectivity index (χ4v) is 2.83. The lowest BCUT2D eigenvalue weighted by Gasteiger charge is -2.06. The molecule has 28 heavy (non-hydrogen) atoms. The summed E-state index contributed by atoms with van der Waals surface area (Å²) in [5, 5.41) is 18.7. The number of carbonyl (C=O) groups is 2. The minimum absolute atomic E-state index is 0.0459. The zero-order chi connectivity index (χ0) is 20.1. The Morgan fingerprint density at radius 3 is 2.61 bits per heavy atom. The topological polar surface area (TPSA) is 90.8 Å². The van der Waals surface area contributed by atoms with Gasteiger partial charge in [0.2, 0.25) is 0 Å². The highest BCUT2D eigenvalue weighted by Crippen LogP contribution is 2.25. The first-order valence-electron chi connectivity index (χ1n) is 8.21. The van der Waals surface area contributed by atoms with E-state index in [-0.39, 0.29) is 22.9 Å². The van der Waals surface area contributed by atoms with Crippen molar-refractivity contribution in [3.05, 3.63) is 75.8 Å². The molecule has 0 radical (unpaired) electrons. The van der Waals surface area contributed by atoms with E-state index in [0.717, 1.165) is 10.8 Å². The largest absolute Gasteiger partial charge is 0.507 e. The summed E-state index contributed by atoms with van der Waals surface area (Å²) >= 11 is 11.7. The fraction of sp³-hybridized carbons (Fsp3) is 0.0500. The van der Waals surface area contributed by atoms with Gasteiger partial charge in [0.1, 0.15) is 5.75 Å². The molecular weight excluding hydrogens is 401 g/mol. The molecule has 0 heterocycles. The summed E-state index contributed by atoms with van der Waals surface area (Å²) in [6.07, 6.45) is 1.36. The average molecular weight is 416 g/mol. The van der Waals surface area contributed by atoms with Crippen molar-refractivity contribution >= 4 is 52.0 Å². The quantitative estimate of drug-likeness (QED) is 0.437. The van der Waals surface area contributed by atoms with Crippen LogP contribution < -0.4 is 10.7 Å². The van der Waals surface area contributed by atoms with E-state index in [1.807, 2.05) is 24.3 Å². The van der Waals surface area contributed by atoms with Gasteiger partial charge < -0.3 is 10.4 Å². The van der Waals surface area contributed by atoms with Crippen LogP contribution in [-0.4, -0.2) is 29.7 Å². The summed E-state index contributed by atoms with van der Waals surface area (Å²) in [5.74, 6) is -0.946. The molecule has 142 valence electrons. The second kappa shape index (κ2) is 8.73. The lowest BCUT2D eigenvalue weighted by molar-refractivity contribution is -0.120. The van der Waals surface area contributed by atoms with E-state index in [1.165, 1.54) is 24.4 Å². The molecule has 0 spiro atoms. The lowest BCUT2D eigenvalue weighted by Crippen LogP contribution is -2.34. The van der Waals surface area contributed by atoms with Crippen molar-refractivity contribution in [3.63, 3.8) is 0 Å². The molecule has 3 aromatic rings. The number of phenols is 1. The van der Waals surface area contributed by atoms with E-state index in [9.17, 15) is 14.7 Å². The number of carbonyl (C=O) groups excluding carboxylic acids is 2. The second-order valence-corrected chi connectivity index (χ2v) is 6.64. The van der Waals surface area contributed by atoms with Crippen LogP contribution in [0.1, 0.15) is 15.9 Å². The zero-order valence-electron chi connectivity index (χ0n) is 14.4. The fourth-order valence-electron chi connectivity index (χ4n) is 2.53. The molecule has 0 saturated carbocycles. The number of hydrogen-bond acceptors (Lipinski definition) is 4. The van der Waals surface area contributed by atoms with Crippen LogP contribution in [0.4, 0.5) is 0 Å². The number of hydrogen-bond donors (Lipinski definition) is 3. The van der Waals surface area contributed by atoms with Crippen LogP contribution in [0.3, 0.4) is 0 Å². The van der Waals surface area contributed by atoms with Crippen LogP contribution in [0.15, 0.2) is 59.7 Å². The second-order valence-electron chi connectivity index (χ2n) is 5.82. The number of fused-ring (bicyclic) bond motifs is 1. The highest BCUT2D eigenvalue weighted by atomic mass is 35.5. The number of benzene rings is 3. The molecule has 0 aliphatic rings. The molecule has 0 bridgehead atoms. The predicted octanol–water partition coefficient (Wildman–Crippen LogP) is 3.73. The summed E-state index contributed by atoms with van der Waals surface area (Å²) in [5.41, 5.74) is 3.08. The van der Waals surface area contributed by atoms with E-state index >= 15 is 0 Å². The van der Waals surface area contributed by atoms with Crippen molar-refractivity contribution in [2.75, 3.05) is 6.54 Å². The Balaban J connectivity index is 1.59. The van der Waals surface area contributed by atoms with Crippen molar-refractivity contribution in [1.82, 2.24) is 10.7 Å². The van der Waals surface area contributed by atoms with E-state index in [4.69, 9.17) is 23.2 Å². The third kappa shape index (κ3) is 4.60. The van der Waals surface area contributed by atoms with Gasteiger partial charge in [0.05, 0.1) is 22.8 Å². The molecule has 0 atom stereocenters. The van der Waals surface area contributed by atoms with Crippen molar-refractivity contribution in [3.8, 4) is 5.75 Å². The van der Waals surface area contributed by atoms with Gasteiger partial charge in [-0.1, -0.05) is 53.5 Å². The van der Waals surface area contributed by atoms with Crippen molar-refractivity contribution in [2.24, 2.45) is 5.10 Å². The van der Waals surface area contributed by atoms with Crippen LogP contribution >= 0.6 is 23.2 Å². The van der Waals surface area contributed by atoms with E-state index in [0.29, 0.717) is 10.6 Å². The molecule has 6 nitrogen and oxygen atoms in total. The normalized spacial score (nSPS) is 10.9. The van der Waals surface area contributed by atoms with Gasteiger partial charge in [0.25, 0.3) is 11.8 Å². The van der Waals surface area contributed by atoms with Gasteiger partial charge in [-0.2, -0.15) is 5.10 Å². The van der Waals surface area contributed by atoms with Gasteiger partial charge in [-0.15, -0.1) is 0 Å². The molecule has 0 aliphatic carbocycles. The van der Waals surface area contributed by atoms with E-state index in [1.54, 1.807) is 12.1 Å². The Hall–Kier alpha value is -3.09. The first kappa shape index (κ1) is 19.7. The van der Waals surface area contributed by atoms with Crippen molar-refractivity contribution in [1.29, 1.82) is 0 Å². The number of halogens is 2. The number of rotatable bonds is 5. The summed E-state index contributed by atoms with van der Waals surface area (Å²) in [6.45, 7) is -0.280. The predicted molar refractivity (Wildman–Crippen MR) is 110 cm³/mol. The molecule has 0 aliphatic heterocycles. The molecule has 0 unspecified atom stereocenters. The number of nitrogens with one attached hydrogen (secondary N) is 2. The van der Waals surface area contributed by atoms with Gasteiger partial charge in [-0.05, 0) is 35.0 Å². The standard InChI is InChI=1S/C20H15Cl2N3O3/c21-16-7-5-13(9-17(16)22)20(28)23-11-19(27)25-24-10-15-14-4-2-1-3-12(14)6-8-18(15)26/h1-10,26H,11H2,(H,23,28)(H,25,27). The monoisotopic (exact) mass is 415 g/mol. The first-order chi connectivity index (χ1) is 13.5. The molecule has 3 N–H and O–H groups in total. The number of aromatic hydroxyl groups is 1. The number of hydrazone groups is 1. The molecule has 3 aromatic carbocycles. The third-order valence-electron chi connectivity index (χ3n) is 3.92. The van der Waals surface area contributed by atoms with Gasteiger partial charge in [0.15, 0.2) is 0 Å². The summed E-state index contributed by atoms with van der Waals surface area (Å²) in [4.78, 5) is 23.9. The number of phenolic OH excluding ortho intramolecular Hbond substituents is 1. The summed E-state index contributed by atoms with van der Waals surface area (Å²) in [7, 11) is 0. The number of nitrogens with zero attached hydrogens (tertiary/aromatic N) is 1. The number of amides is 2. The molecular formula is C20H15Cl2N3O3. The maximum absolute atomic E-state index is 12.0. The zero-order valence-corrected chi connectivity index (χ0v) is 16.0. The van der Waals surface area contributed by atoms with Crippen LogP contribution in [0, 0.1) is 0 Å². The van der Waals surface area contributed by atoms with Gasteiger partial charge in [0, 0.05) is 11.1 Å². The van der Waals surface area contributed by atoms with E-state index < -0.39 is 11.8 Å². The Morgan fingerprint density at radius 1 is 1.04 bits per heavy atom. The Morgan fingerprint density at radius 2 is 1.82 bits per heavy atom. The third-order valence-corrected chi connectivity index (χ3v) is 4.66. The highest BCUT2D eigenvalue weighted by Gasteiger charge is 2.10. The maximum atomic E-state index is 12.0. The minimum Gasteiger partial charge on any atom is -0.507 e. The molecule has 8 heteroatoms. The first-order valence-corrected chi connectivity index (χ1v) is 8.97. The molecule has 0 aromatic heterocycles. The summed E-state index contributed by atoms with van der Waals surface area (Å²) < 4.78 is 0. The summed E-state index contributed by atoms with van der Waals surface area (Å²) in [6, 6.07) is 15.2. The van der Waals surface area contributed by atoms with Crippen molar-refractivity contribution in [2.45, 2.75) is 0 Å². The minimum atomic E-state index is -0.524. The smallest absolute Gasteiger partial charge is 0.259 e. The van der Waals surface area contributed by atoms with Crippen LogP contribution in [0.2, 0.25) is 10.0 Å².